The number of hydrogen-bond donors (Lipinski definition) is 1. The molecular formula is C22H39NO2. The summed E-state index contributed by atoms with van der Waals surface area (Å²) in [6.07, 6.45) is 6.26. The highest BCUT2D eigenvalue weighted by atomic mass is 16.5. The molecule has 1 N–H and O–H groups in total. The summed E-state index contributed by atoms with van der Waals surface area (Å²) in [5.41, 5.74) is 3.34. The summed E-state index contributed by atoms with van der Waals surface area (Å²) in [6.45, 7) is 15.7. The number of benzene rings is 1. The van der Waals surface area contributed by atoms with E-state index in [9.17, 15) is 4.79 Å². The number of ether oxygens (including phenoxy) is 1. The second-order valence-corrected chi connectivity index (χ2v) is 6.97. The summed E-state index contributed by atoms with van der Waals surface area (Å²) in [5, 5.41) is 2.85. The minimum Gasteiger partial charge on any atom is -0.493 e. The van der Waals surface area contributed by atoms with Crippen molar-refractivity contribution in [3.8, 4) is 5.75 Å². The lowest BCUT2D eigenvalue weighted by molar-refractivity contribution is -0.105. The van der Waals surface area contributed by atoms with E-state index < -0.39 is 0 Å². The average molecular weight is 350 g/mol. The number of fused-ring (bicyclic) bond motifs is 1. The van der Waals surface area contributed by atoms with Crippen LogP contribution in [0.5, 0.6) is 5.75 Å². The van der Waals surface area contributed by atoms with Crippen molar-refractivity contribution in [2.75, 3.05) is 11.9 Å². The quantitative estimate of drug-likeness (QED) is 0.638. The molecule has 1 atom stereocenters. The first-order valence-electron chi connectivity index (χ1n) is 10.00. The van der Waals surface area contributed by atoms with Gasteiger partial charge < -0.3 is 10.1 Å². The van der Waals surface area contributed by atoms with E-state index in [0.717, 1.165) is 50.1 Å². The van der Waals surface area contributed by atoms with Crippen LogP contribution < -0.4 is 10.1 Å². The van der Waals surface area contributed by atoms with Gasteiger partial charge in [-0.2, -0.15) is 0 Å². The molecule has 1 amide bonds. The monoisotopic (exact) mass is 349 g/mol. The van der Waals surface area contributed by atoms with E-state index in [2.05, 4.69) is 52.1 Å². The maximum Gasteiger partial charge on any atom is 0.211 e. The number of amides is 1. The Hall–Kier alpha value is -1.51. The summed E-state index contributed by atoms with van der Waals surface area (Å²) in [7, 11) is 0. The van der Waals surface area contributed by atoms with Gasteiger partial charge in [-0.1, -0.05) is 54.9 Å². The predicted octanol–water partition coefficient (Wildman–Crippen LogP) is 6.25. The van der Waals surface area contributed by atoms with Crippen molar-refractivity contribution < 1.29 is 9.53 Å². The smallest absolute Gasteiger partial charge is 0.211 e. The van der Waals surface area contributed by atoms with Crippen molar-refractivity contribution in [2.24, 2.45) is 11.8 Å². The largest absolute Gasteiger partial charge is 0.493 e. The van der Waals surface area contributed by atoms with Crippen LogP contribution in [-0.2, 0) is 17.6 Å². The Balaban J connectivity index is 0.00000104. The number of hydrogen-bond acceptors (Lipinski definition) is 2. The van der Waals surface area contributed by atoms with Crippen LogP contribution in [0.2, 0.25) is 0 Å². The zero-order valence-corrected chi connectivity index (χ0v) is 17.4. The fourth-order valence-corrected chi connectivity index (χ4v) is 2.56. The molecule has 0 radical (unpaired) electrons. The topological polar surface area (TPSA) is 38.3 Å². The molecular weight excluding hydrogens is 310 g/mol. The number of rotatable bonds is 5. The fraction of sp³-hybridized carbons (Fsp3) is 0.682. The second-order valence-electron chi connectivity index (χ2n) is 6.97. The van der Waals surface area contributed by atoms with Gasteiger partial charge in [0.05, 0.1) is 6.61 Å². The maximum atomic E-state index is 10.8. The Bertz CT molecular complexity index is 483. The Morgan fingerprint density at radius 2 is 1.92 bits per heavy atom. The molecule has 0 spiro atoms. The van der Waals surface area contributed by atoms with Gasteiger partial charge in [0.2, 0.25) is 6.41 Å². The van der Waals surface area contributed by atoms with E-state index in [1.807, 2.05) is 13.8 Å². The Labute approximate surface area is 155 Å². The van der Waals surface area contributed by atoms with Crippen molar-refractivity contribution >= 4 is 12.1 Å². The standard InChI is InChI=1S/C17H25NO2.C3H8.C2H6/c1-12(2)4-6-14-9-17-15(8-16(14)18-11-19)7-5-13(3)10-20-17;1-3-2;1-2/h8-9,11-13H,4-7,10H2,1-3H3,(H,18,19);3H2,1-2H3;1-2H3. The first-order chi connectivity index (χ1) is 12.0. The molecule has 0 aromatic heterocycles. The Morgan fingerprint density at radius 3 is 2.48 bits per heavy atom. The molecule has 1 aliphatic rings. The van der Waals surface area contributed by atoms with E-state index in [-0.39, 0.29) is 0 Å². The lowest BCUT2D eigenvalue weighted by Gasteiger charge is -2.15. The Morgan fingerprint density at radius 1 is 1.28 bits per heavy atom. The zero-order chi connectivity index (χ0) is 19.2. The van der Waals surface area contributed by atoms with Gasteiger partial charge in [0.15, 0.2) is 0 Å². The summed E-state index contributed by atoms with van der Waals surface area (Å²) < 4.78 is 5.93. The number of carbonyl (C=O) groups is 1. The normalized spacial score (nSPS) is 15.4. The van der Waals surface area contributed by atoms with Crippen molar-refractivity contribution in [1.29, 1.82) is 0 Å². The lowest BCUT2D eigenvalue weighted by atomic mass is 9.97. The number of carbonyl (C=O) groups excluding carboxylic acids is 1. The summed E-state index contributed by atoms with van der Waals surface area (Å²) in [5.74, 6) is 2.24. The molecule has 25 heavy (non-hydrogen) atoms. The summed E-state index contributed by atoms with van der Waals surface area (Å²) >= 11 is 0. The van der Waals surface area contributed by atoms with Crippen molar-refractivity contribution in [3.63, 3.8) is 0 Å². The highest BCUT2D eigenvalue weighted by Gasteiger charge is 2.16. The first-order valence-corrected chi connectivity index (χ1v) is 10.00. The molecule has 0 aliphatic carbocycles. The van der Waals surface area contributed by atoms with Crippen LogP contribution in [0.25, 0.3) is 0 Å². The van der Waals surface area contributed by atoms with E-state index in [1.54, 1.807) is 0 Å². The van der Waals surface area contributed by atoms with Crippen LogP contribution in [0.3, 0.4) is 0 Å². The molecule has 1 aromatic carbocycles. The number of anilines is 1. The molecule has 144 valence electrons. The third-order valence-electron chi connectivity index (χ3n) is 3.92. The molecule has 0 bridgehead atoms. The van der Waals surface area contributed by atoms with Gasteiger partial charge in [0.25, 0.3) is 0 Å². The number of nitrogens with one attached hydrogen (secondary N) is 1. The molecule has 0 saturated heterocycles. The predicted molar refractivity (Wildman–Crippen MR) is 110 cm³/mol. The van der Waals surface area contributed by atoms with Gasteiger partial charge in [-0.3, -0.25) is 4.79 Å². The van der Waals surface area contributed by atoms with Crippen LogP contribution in [0, 0.1) is 11.8 Å². The summed E-state index contributed by atoms with van der Waals surface area (Å²) in [4.78, 5) is 10.8. The average Bonchev–Trinajstić information content (AvgIpc) is 2.77. The van der Waals surface area contributed by atoms with Gasteiger partial charge in [0, 0.05) is 5.69 Å². The molecule has 1 aliphatic heterocycles. The second kappa shape index (κ2) is 13.7. The highest BCUT2D eigenvalue weighted by Crippen LogP contribution is 2.32. The van der Waals surface area contributed by atoms with E-state index in [4.69, 9.17) is 4.74 Å². The minimum atomic E-state index is 0.587. The molecule has 3 nitrogen and oxygen atoms in total. The van der Waals surface area contributed by atoms with Crippen molar-refractivity contribution in [3.05, 3.63) is 23.3 Å². The maximum absolute atomic E-state index is 10.8. The van der Waals surface area contributed by atoms with Gasteiger partial charge in [-0.05, 0) is 60.8 Å². The van der Waals surface area contributed by atoms with E-state index >= 15 is 0 Å². The van der Waals surface area contributed by atoms with Gasteiger partial charge in [-0.15, -0.1) is 0 Å². The van der Waals surface area contributed by atoms with Gasteiger partial charge in [0.1, 0.15) is 5.75 Å². The van der Waals surface area contributed by atoms with Crippen LogP contribution in [0.15, 0.2) is 12.1 Å². The molecule has 0 fully saturated rings. The first kappa shape index (κ1) is 23.5. The zero-order valence-electron chi connectivity index (χ0n) is 17.4. The van der Waals surface area contributed by atoms with Crippen LogP contribution in [-0.4, -0.2) is 13.0 Å². The summed E-state index contributed by atoms with van der Waals surface area (Å²) in [6, 6.07) is 4.22. The lowest BCUT2D eigenvalue weighted by Crippen LogP contribution is -2.06. The molecule has 1 heterocycles. The van der Waals surface area contributed by atoms with Crippen molar-refractivity contribution in [1.82, 2.24) is 0 Å². The number of aryl methyl sites for hydroxylation is 2. The van der Waals surface area contributed by atoms with Crippen molar-refractivity contribution in [2.45, 2.75) is 80.6 Å². The molecule has 1 unspecified atom stereocenters. The van der Waals surface area contributed by atoms with Crippen LogP contribution in [0.1, 0.15) is 78.9 Å². The van der Waals surface area contributed by atoms with E-state index in [0.29, 0.717) is 11.8 Å². The molecule has 3 heteroatoms. The highest BCUT2D eigenvalue weighted by molar-refractivity contribution is 5.74. The van der Waals surface area contributed by atoms with Crippen LogP contribution in [0.4, 0.5) is 5.69 Å². The third kappa shape index (κ3) is 8.94. The molecule has 0 saturated carbocycles. The van der Waals surface area contributed by atoms with Gasteiger partial charge >= 0.3 is 0 Å². The minimum absolute atomic E-state index is 0.587. The van der Waals surface area contributed by atoms with E-state index in [1.165, 1.54) is 17.5 Å². The molecule has 1 aromatic rings. The van der Waals surface area contributed by atoms with Crippen LogP contribution >= 0.6 is 0 Å². The fourth-order valence-electron chi connectivity index (χ4n) is 2.56. The molecule has 2 rings (SSSR count). The van der Waals surface area contributed by atoms with Gasteiger partial charge in [-0.25, -0.2) is 0 Å². The Kier molecular flexibility index (Phi) is 12.9. The SMILES string of the molecule is CC.CC(C)CCc1cc2c(cc1NC=O)CCC(C)CO2.CCC. The third-order valence-corrected chi connectivity index (χ3v) is 3.92.